The number of anilines is 1. The van der Waals surface area contributed by atoms with Crippen LogP contribution in [0.2, 0.25) is 0 Å². The van der Waals surface area contributed by atoms with Gasteiger partial charge in [-0.05, 0) is 39.8 Å². The van der Waals surface area contributed by atoms with Crippen LogP contribution in [0.25, 0.3) is 11.2 Å². The second-order valence-corrected chi connectivity index (χ2v) is 10.9. The van der Waals surface area contributed by atoms with Crippen molar-refractivity contribution in [2.24, 2.45) is 0 Å². The molecular formula is C23H30FN6O7P. The van der Waals surface area contributed by atoms with Gasteiger partial charge in [-0.2, -0.15) is 10.1 Å². The Labute approximate surface area is 218 Å². The second kappa shape index (κ2) is 10.9. The number of hydrogen-bond acceptors (Lipinski definition) is 11. The predicted octanol–water partition coefficient (Wildman–Crippen LogP) is 2.53. The number of aliphatic hydroxyl groups excluding tert-OH is 1. The van der Waals surface area contributed by atoms with Crippen LogP contribution in [0, 0.1) is 0 Å². The Kier molecular flexibility index (Phi) is 8.00. The fourth-order valence-electron chi connectivity index (χ4n) is 3.87. The van der Waals surface area contributed by atoms with Crippen molar-refractivity contribution in [1.82, 2.24) is 24.6 Å². The molecule has 15 heteroatoms. The van der Waals surface area contributed by atoms with Gasteiger partial charge in [0.15, 0.2) is 17.5 Å². The van der Waals surface area contributed by atoms with Gasteiger partial charge in [-0.1, -0.05) is 18.2 Å². The number of para-hydroxylation sites is 1. The first kappa shape index (κ1) is 27.9. The van der Waals surface area contributed by atoms with Crippen LogP contribution >= 0.6 is 7.75 Å². The van der Waals surface area contributed by atoms with E-state index >= 15 is 4.39 Å². The second-order valence-electron chi connectivity index (χ2n) is 9.25. The minimum Gasteiger partial charge on any atom is -0.462 e. The molecule has 4 N–H and O–H groups in total. The van der Waals surface area contributed by atoms with E-state index in [4.69, 9.17) is 24.3 Å². The molecule has 2 aromatic heterocycles. The molecule has 13 nitrogen and oxygen atoms in total. The Hall–Kier alpha value is -3.16. The maximum atomic E-state index is 15.8. The molecule has 1 saturated heterocycles. The van der Waals surface area contributed by atoms with Gasteiger partial charge < -0.3 is 24.8 Å². The van der Waals surface area contributed by atoms with Gasteiger partial charge in [0.2, 0.25) is 5.95 Å². The van der Waals surface area contributed by atoms with Crippen LogP contribution in [-0.4, -0.2) is 67.2 Å². The molecule has 206 valence electrons. The summed E-state index contributed by atoms with van der Waals surface area (Å²) in [5.41, 5.74) is 3.89. The van der Waals surface area contributed by atoms with Gasteiger partial charge in [-0.3, -0.25) is 13.9 Å². The minimum atomic E-state index is -4.26. The van der Waals surface area contributed by atoms with Crippen molar-refractivity contribution in [3.63, 3.8) is 0 Å². The molecule has 38 heavy (non-hydrogen) atoms. The minimum absolute atomic E-state index is 0.0478. The molecule has 0 saturated carbocycles. The molecule has 3 unspecified atom stereocenters. The summed E-state index contributed by atoms with van der Waals surface area (Å²) in [4.78, 5) is 24.4. The number of aliphatic hydroxyl groups is 1. The lowest BCUT2D eigenvalue weighted by Gasteiger charge is -2.25. The number of fused-ring (bicyclic) bond motifs is 1. The fourth-order valence-corrected chi connectivity index (χ4v) is 5.37. The van der Waals surface area contributed by atoms with Crippen LogP contribution in [0.15, 0.2) is 42.9 Å². The van der Waals surface area contributed by atoms with Crippen molar-refractivity contribution in [1.29, 1.82) is 0 Å². The molecular weight excluding hydrogens is 522 g/mol. The number of rotatable bonds is 10. The SMILES string of the molecule is CC(C)OC(=O)C(C)NP(=O)(OC[C@H]1OC(n2cnc3cnc(N)nc32)[C@](C)(F)[C@@H]1O)Oc1ccccc1. The zero-order chi connectivity index (χ0) is 27.7. The van der Waals surface area contributed by atoms with Crippen LogP contribution in [-0.2, 0) is 23.4 Å². The zero-order valence-corrected chi connectivity index (χ0v) is 22.1. The molecule has 1 aliphatic rings. The lowest BCUT2D eigenvalue weighted by molar-refractivity contribution is -0.149. The number of halogens is 1. The Balaban J connectivity index is 1.54. The van der Waals surface area contributed by atoms with Crippen molar-refractivity contribution < 1.29 is 37.4 Å². The fraction of sp³-hybridized carbons (Fsp3) is 0.478. The lowest BCUT2D eigenvalue weighted by Crippen LogP contribution is -2.41. The maximum absolute atomic E-state index is 15.8. The van der Waals surface area contributed by atoms with Crippen molar-refractivity contribution >= 4 is 30.8 Å². The van der Waals surface area contributed by atoms with Crippen molar-refractivity contribution in [2.45, 2.75) is 63.9 Å². The van der Waals surface area contributed by atoms with Gasteiger partial charge in [0.1, 0.15) is 29.5 Å². The van der Waals surface area contributed by atoms with Gasteiger partial charge >= 0.3 is 13.7 Å². The van der Waals surface area contributed by atoms with Gasteiger partial charge in [0.05, 0.1) is 25.2 Å². The molecule has 1 aliphatic heterocycles. The average molecular weight is 553 g/mol. The topological polar surface area (TPSA) is 173 Å². The number of nitrogens with zero attached hydrogens (tertiary/aromatic N) is 4. The van der Waals surface area contributed by atoms with Gasteiger partial charge in [0.25, 0.3) is 0 Å². The molecule has 3 aromatic rings. The van der Waals surface area contributed by atoms with Gasteiger partial charge in [-0.25, -0.2) is 18.9 Å². The molecule has 1 aromatic carbocycles. The van der Waals surface area contributed by atoms with Crippen molar-refractivity contribution in [3.8, 4) is 5.75 Å². The van der Waals surface area contributed by atoms with Gasteiger partial charge in [0, 0.05) is 0 Å². The van der Waals surface area contributed by atoms with Crippen LogP contribution in [0.5, 0.6) is 5.75 Å². The van der Waals surface area contributed by atoms with Crippen LogP contribution in [0.1, 0.15) is 33.9 Å². The summed E-state index contributed by atoms with van der Waals surface area (Å²) in [5, 5.41) is 13.3. The number of esters is 1. The number of nitrogen functional groups attached to an aromatic ring is 1. The van der Waals surface area contributed by atoms with E-state index in [1.165, 1.54) is 24.0 Å². The first-order valence-corrected chi connectivity index (χ1v) is 13.4. The van der Waals surface area contributed by atoms with E-state index in [9.17, 15) is 14.5 Å². The van der Waals surface area contributed by atoms with Crippen LogP contribution < -0.4 is 15.3 Å². The first-order valence-electron chi connectivity index (χ1n) is 11.8. The van der Waals surface area contributed by atoms with E-state index in [0.29, 0.717) is 5.52 Å². The van der Waals surface area contributed by atoms with E-state index < -0.39 is 56.6 Å². The third-order valence-corrected chi connectivity index (χ3v) is 7.38. The number of nitrogens with one attached hydrogen (secondary N) is 1. The van der Waals surface area contributed by atoms with Crippen molar-refractivity contribution in [3.05, 3.63) is 42.9 Å². The largest absolute Gasteiger partial charge is 0.462 e. The maximum Gasteiger partial charge on any atom is 0.459 e. The number of alkyl halides is 1. The Morgan fingerprint density at radius 1 is 1.32 bits per heavy atom. The quantitative estimate of drug-likeness (QED) is 0.248. The third-order valence-electron chi connectivity index (χ3n) is 5.74. The number of nitrogens with two attached hydrogens (primary N) is 1. The monoisotopic (exact) mass is 552 g/mol. The van der Waals surface area contributed by atoms with Gasteiger partial charge in [-0.15, -0.1) is 0 Å². The average Bonchev–Trinajstić information content (AvgIpc) is 3.35. The number of benzene rings is 1. The van der Waals surface area contributed by atoms with E-state index in [1.807, 2.05) is 0 Å². The molecule has 0 amide bonds. The summed E-state index contributed by atoms with van der Waals surface area (Å²) >= 11 is 0. The number of carbonyl (C=O) groups excluding carboxylic acids is 1. The van der Waals surface area contributed by atoms with Crippen LogP contribution in [0.3, 0.4) is 0 Å². The normalized spacial score (nSPS) is 25.8. The number of aromatic nitrogens is 4. The molecule has 3 heterocycles. The molecule has 0 bridgehead atoms. The molecule has 6 atom stereocenters. The predicted molar refractivity (Wildman–Crippen MR) is 134 cm³/mol. The number of ether oxygens (including phenoxy) is 2. The lowest BCUT2D eigenvalue weighted by atomic mass is 9.98. The summed E-state index contributed by atoms with van der Waals surface area (Å²) in [6.45, 7) is 5.38. The Morgan fingerprint density at radius 2 is 2.03 bits per heavy atom. The Morgan fingerprint density at radius 3 is 2.71 bits per heavy atom. The summed E-state index contributed by atoms with van der Waals surface area (Å²) in [6.07, 6.45) is -2.07. The molecule has 0 spiro atoms. The zero-order valence-electron chi connectivity index (χ0n) is 21.2. The Bertz CT molecular complexity index is 1320. The number of hydrogen-bond donors (Lipinski definition) is 3. The highest BCUT2D eigenvalue weighted by atomic mass is 31.2. The van der Waals surface area contributed by atoms with E-state index in [0.717, 1.165) is 6.92 Å². The van der Waals surface area contributed by atoms with Crippen molar-refractivity contribution in [2.75, 3.05) is 12.3 Å². The van der Waals surface area contributed by atoms with E-state index in [1.54, 1.807) is 44.2 Å². The third kappa shape index (κ3) is 5.94. The van der Waals surface area contributed by atoms with E-state index in [-0.39, 0.29) is 17.3 Å². The summed E-state index contributed by atoms with van der Waals surface area (Å²) in [7, 11) is -4.26. The molecule has 4 rings (SSSR count). The summed E-state index contributed by atoms with van der Waals surface area (Å²) < 4.78 is 52.9. The highest BCUT2D eigenvalue weighted by molar-refractivity contribution is 7.52. The highest BCUT2D eigenvalue weighted by Crippen LogP contribution is 2.48. The first-order chi connectivity index (χ1) is 17.9. The standard InChI is InChI=1S/C23H30FN6O7P/c1-13(2)35-20(32)14(3)29-38(33,37-15-8-6-5-7-9-15)34-11-17-18(31)23(4,24)21(36-17)30-12-27-16-10-26-22(25)28-19(16)30/h5-10,12-14,17-18,21,31H,11H2,1-4H3,(H,29,33)(H2,25,26,28)/t14?,17-,18-,21?,23-,38?/m1/s1. The molecule has 1 fully saturated rings. The smallest absolute Gasteiger partial charge is 0.459 e. The number of carbonyl (C=O) groups is 1. The van der Waals surface area contributed by atoms with E-state index in [2.05, 4.69) is 20.0 Å². The number of imidazole rings is 1. The van der Waals surface area contributed by atoms with Crippen LogP contribution in [0.4, 0.5) is 10.3 Å². The summed E-state index contributed by atoms with van der Waals surface area (Å²) in [5.74, 6) is -0.535. The summed E-state index contributed by atoms with van der Waals surface area (Å²) in [6, 6.07) is 7.06. The molecule has 0 radical (unpaired) electrons. The molecule has 0 aliphatic carbocycles. The highest BCUT2D eigenvalue weighted by Gasteiger charge is 2.56.